The number of ether oxygens (including phenoxy) is 3. The Balaban J connectivity index is 1.45. The van der Waals surface area contributed by atoms with Crippen LogP contribution in [0.4, 0.5) is 17.1 Å². The number of nitrogens with one attached hydrogen (secondary N) is 2. The number of carbonyl (C=O) groups is 3. The Hall–Kier alpha value is -4.93. The number of carbonyl (C=O) groups excluding carboxylic acids is 3. The molecule has 3 amide bonds. The first-order valence-electron chi connectivity index (χ1n) is 12.9. The number of imide groups is 1. The molecule has 4 aromatic rings. The van der Waals surface area contributed by atoms with Gasteiger partial charge in [-0.3, -0.25) is 14.4 Å². The maximum atomic E-state index is 13.8. The molecule has 4 aromatic carbocycles. The molecule has 11 heteroatoms. The lowest BCUT2D eigenvalue weighted by molar-refractivity contribution is -0.120. The van der Waals surface area contributed by atoms with E-state index in [2.05, 4.69) is 10.6 Å². The van der Waals surface area contributed by atoms with Gasteiger partial charge in [-0.2, -0.15) is 0 Å². The number of hydrogen-bond acceptors (Lipinski definition) is 8. The van der Waals surface area contributed by atoms with E-state index in [1.54, 1.807) is 98.1 Å². The summed E-state index contributed by atoms with van der Waals surface area (Å²) in [6.07, 6.45) is 0. The number of thioether (sulfide) groups is 1. The Kier molecular flexibility index (Phi) is 8.89. The van der Waals surface area contributed by atoms with E-state index in [9.17, 15) is 14.4 Å². The minimum Gasteiger partial charge on any atom is -0.497 e. The predicted octanol–water partition coefficient (Wildman–Crippen LogP) is 6.61. The van der Waals surface area contributed by atoms with Crippen molar-refractivity contribution in [3.05, 3.63) is 112 Å². The summed E-state index contributed by atoms with van der Waals surface area (Å²) < 4.78 is 16.0. The first-order chi connectivity index (χ1) is 20.8. The van der Waals surface area contributed by atoms with E-state index in [4.69, 9.17) is 25.8 Å². The van der Waals surface area contributed by atoms with Gasteiger partial charge in [-0.1, -0.05) is 35.5 Å². The second kappa shape index (κ2) is 12.9. The molecule has 2 N–H and O–H groups in total. The second-order valence-corrected chi connectivity index (χ2v) is 10.6. The molecule has 0 radical (unpaired) electrons. The van der Waals surface area contributed by atoms with Crippen LogP contribution in [0.15, 0.2) is 106 Å². The summed E-state index contributed by atoms with van der Waals surface area (Å²) in [5.74, 6) is 0.221. The quantitative estimate of drug-likeness (QED) is 0.192. The van der Waals surface area contributed by atoms with Crippen molar-refractivity contribution in [3.8, 4) is 17.2 Å². The second-order valence-electron chi connectivity index (χ2n) is 9.10. The van der Waals surface area contributed by atoms with Crippen LogP contribution in [0.5, 0.6) is 17.2 Å². The molecule has 0 aromatic heterocycles. The molecule has 0 unspecified atom stereocenters. The third-order valence-corrected chi connectivity index (χ3v) is 7.91. The molecule has 218 valence electrons. The van der Waals surface area contributed by atoms with E-state index in [1.807, 2.05) is 0 Å². The van der Waals surface area contributed by atoms with Gasteiger partial charge in [0.25, 0.3) is 17.7 Å². The monoisotopic (exact) mass is 615 g/mol. The molecule has 9 nitrogen and oxygen atoms in total. The number of rotatable bonds is 10. The Morgan fingerprint density at radius 2 is 1.47 bits per heavy atom. The highest BCUT2D eigenvalue weighted by molar-refractivity contribution is 8.04. The SMILES string of the molecule is COc1ccc(N2C(=O)C(Nc3ccc(OC)cc3OC)=C(Sc3ccc(NC(=O)c4ccccc4Cl)cc3)C2=O)cc1. The number of hydrogen-bond donors (Lipinski definition) is 2. The van der Waals surface area contributed by atoms with Crippen molar-refractivity contribution in [3.63, 3.8) is 0 Å². The van der Waals surface area contributed by atoms with Crippen molar-refractivity contribution in [2.24, 2.45) is 0 Å². The highest BCUT2D eigenvalue weighted by Gasteiger charge is 2.40. The van der Waals surface area contributed by atoms with Crippen molar-refractivity contribution >= 4 is 58.1 Å². The lowest BCUT2D eigenvalue weighted by Gasteiger charge is -2.16. The molecule has 0 spiro atoms. The predicted molar refractivity (Wildman–Crippen MR) is 167 cm³/mol. The molecule has 5 rings (SSSR count). The Morgan fingerprint density at radius 1 is 0.791 bits per heavy atom. The van der Waals surface area contributed by atoms with Gasteiger partial charge in [-0.25, -0.2) is 4.90 Å². The average molecular weight is 616 g/mol. The van der Waals surface area contributed by atoms with Crippen LogP contribution in [0.1, 0.15) is 10.4 Å². The Morgan fingerprint density at radius 3 is 2.12 bits per heavy atom. The summed E-state index contributed by atoms with van der Waals surface area (Å²) in [4.78, 5) is 42.2. The number of methoxy groups -OCH3 is 3. The van der Waals surface area contributed by atoms with E-state index < -0.39 is 11.8 Å². The van der Waals surface area contributed by atoms with E-state index in [-0.39, 0.29) is 16.5 Å². The van der Waals surface area contributed by atoms with Crippen LogP contribution in [0.3, 0.4) is 0 Å². The van der Waals surface area contributed by atoms with Crippen molar-refractivity contribution < 1.29 is 28.6 Å². The Bertz CT molecular complexity index is 1720. The molecule has 1 heterocycles. The molecular weight excluding hydrogens is 590 g/mol. The van der Waals surface area contributed by atoms with Crippen molar-refractivity contribution in [1.82, 2.24) is 0 Å². The number of benzene rings is 4. The van der Waals surface area contributed by atoms with E-state index in [1.165, 1.54) is 14.2 Å². The zero-order valence-electron chi connectivity index (χ0n) is 23.3. The molecule has 0 saturated heterocycles. The third-order valence-electron chi connectivity index (χ3n) is 6.49. The molecule has 43 heavy (non-hydrogen) atoms. The third kappa shape index (κ3) is 6.30. The van der Waals surface area contributed by atoms with Gasteiger partial charge in [0.05, 0.1) is 43.3 Å². The first-order valence-corrected chi connectivity index (χ1v) is 14.1. The van der Waals surface area contributed by atoms with E-state index in [0.717, 1.165) is 16.7 Å². The van der Waals surface area contributed by atoms with Gasteiger partial charge in [0.1, 0.15) is 27.9 Å². The normalized spacial score (nSPS) is 12.8. The van der Waals surface area contributed by atoms with Crippen molar-refractivity contribution in [2.45, 2.75) is 4.90 Å². The molecule has 1 aliphatic heterocycles. The largest absolute Gasteiger partial charge is 0.497 e. The van der Waals surface area contributed by atoms with E-state index in [0.29, 0.717) is 49.8 Å². The molecule has 1 aliphatic rings. The van der Waals surface area contributed by atoms with Crippen molar-refractivity contribution in [2.75, 3.05) is 36.9 Å². The molecule has 0 aliphatic carbocycles. The van der Waals surface area contributed by atoms with Crippen LogP contribution < -0.4 is 29.7 Å². The van der Waals surface area contributed by atoms with Gasteiger partial charge in [0.2, 0.25) is 0 Å². The minimum absolute atomic E-state index is 0.0883. The van der Waals surface area contributed by atoms with E-state index >= 15 is 0 Å². The fraction of sp³-hybridized carbons (Fsp3) is 0.0938. The molecule has 0 atom stereocenters. The summed E-state index contributed by atoms with van der Waals surface area (Å²) in [6, 6.07) is 25.4. The summed E-state index contributed by atoms with van der Waals surface area (Å²) in [5, 5.41) is 6.28. The number of halogens is 1. The zero-order valence-corrected chi connectivity index (χ0v) is 24.9. The highest BCUT2D eigenvalue weighted by atomic mass is 35.5. The van der Waals surface area contributed by atoms with Gasteiger partial charge in [0.15, 0.2) is 0 Å². The summed E-state index contributed by atoms with van der Waals surface area (Å²) in [6.45, 7) is 0. The van der Waals surface area contributed by atoms with Crippen LogP contribution in [0.25, 0.3) is 0 Å². The summed E-state index contributed by atoms with van der Waals surface area (Å²) in [7, 11) is 4.58. The topological polar surface area (TPSA) is 106 Å². The molecular formula is C32H26ClN3O6S. The molecule has 0 bridgehead atoms. The highest BCUT2D eigenvalue weighted by Crippen LogP contribution is 2.40. The lowest BCUT2D eigenvalue weighted by Crippen LogP contribution is -2.32. The lowest BCUT2D eigenvalue weighted by atomic mass is 10.2. The fourth-order valence-corrected chi connectivity index (χ4v) is 5.43. The summed E-state index contributed by atoms with van der Waals surface area (Å²) in [5.41, 5.74) is 1.85. The van der Waals surface area contributed by atoms with Gasteiger partial charge >= 0.3 is 0 Å². The standard InChI is InChI=1S/C32H26ClN3O6S/c1-40-21-12-10-20(11-13-21)36-31(38)28(35-26-17-14-22(41-2)18-27(26)42-3)29(32(36)39)43-23-15-8-19(9-16-23)34-30(37)24-6-4-5-7-25(24)33/h4-18,35H,1-3H3,(H,34,37). The van der Waals surface area contributed by atoms with Crippen LogP contribution in [-0.2, 0) is 9.59 Å². The number of amides is 3. The fourth-order valence-electron chi connectivity index (χ4n) is 4.28. The van der Waals surface area contributed by atoms with Crippen molar-refractivity contribution in [1.29, 1.82) is 0 Å². The van der Waals surface area contributed by atoms with Gasteiger partial charge in [-0.05, 0) is 72.8 Å². The average Bonchev–Trinajstić information content (AvgIpc) is 3.26. The number of anilines is 3. The maximum absolute atomic E-state index is 13.8. The Labute approximate surface area is 257 Å². The number of nitrogens with zero attached hydrogens (tertiary/aromatic N) is 1. The van der Waals surface area contributed by atoms with Crippen LogP contribution >= 0.6 is 23.4 Å². The maximum Gasteiger partial charge on any atom is 0.283 e. The molecule has 0 fully saturated rings. The summed E-state index contributed by atoms with van der Waals surface area (Å²) >= 11 is 7.27. The minimum atomic E-state index is -0.529. The van der Waals surface area contributed by atoms with Crippen LogP contribution in [0.2, 0.25) is 5.02 Å². The van der Waals surface area contributed by atoms with Gasteiger partial charge < -0.3 is 24.8 Å². The van der Waals surface area contributed by atoms with Crippen LogP contribution in [-0.4, -0.2) is 39.1 Å². The molecule has 0 saturated carbocycles. The smallest absolute Gasteiger partial charge is 0.283 e. The van der Waals surface area contributed by atoms with Gasteiger partial charge in [-0.15, -0.1) is 0 Å². The van der Waals surface area contributed by atoms with Gasteiger partial charge in [0, 0.05) is 16.6 Å². The first kappa shape index (κ1) is 29.6. The zero-order chi connectivity index (χ0) is 30.5. The van der Waals surface area contributed by atoms with Crippen LogP contribution in [0, 0.1) is 0 Å².